The van der Waals surface area contributed by atoms with Gasteiger partial charge in [-0.1, -0.05) is 23.9 Å². The van der Waals surface area contributed by atoms with Crippen LogP contribution >= 0.6 is 11.8 Å². The molecule has 0 unspecified atom stereocenters. The quantitative estimate of drug-likeness (QED) is 0.805. The highest BCUT2D eigenvalue weighted by Crippen LogP contribution is 2.22. The van der Waals surface area contributed by atoms with Gasteiger partial charge in [-0.25, -0.2) is 4.68 Å². The van der Waals surface area contributed by atoms with E-state index in [2.05, 4.69) is 20.8 Å². The topological polar surface area (TPSA) is 81.9 Å². The van der Waals surface area contributed by atoms with Gasteiger partial charge in [0.25, 0.3) is 0 Å². The number of nitrogens with zero attached hydrogens (tertiary/aromatic N) is 4. The van der Waals surface area contributed by atoms with Crippen LogP contribution in [0.25, 0.3) is 0 Å². The predicted octanol–water partition coefficient (Wildman–Crippen LogP) is 2.13. The Morgan fingerprint density at radius 3 is 2.58 bits per heavy atom. The first-order valence-corrected chi connectivity index (χ1v) is 8.54. The van der Waals surface area contributed by atoms with E-state index in [0.717, 1.165) is 11.3 Å². The van der Waals surface area contributed by atoms with E-state index >= 15 is 0 Å². The maximum Gasteiger partial charge on any atom is 0.233 e. The number of methoxy groups -OCH3 is 1. The van der Waals surface area contributed by atoms with Crippen LogP contribution in [0.1, 0.15) is 33.3 Å². The van der Waals surface area contributed by atoms with Crippen molar-refractivity contribution in [1.82, 2.24) is 25.5 Å². The van der Waals surface area contributed by atoms with Crippen molar-refractivity contribution in [2.75, 3.05) is 7.11 Å². The van der Waals surface area contributed by atoms with Gasteiger partial charge >= 0.3 is 0 Å². The smallest absolute Gasteiger partial charge is 0.233 e. The van der Waals surface area contributed by atoms with Crippen LogP contribution in [-0.4, -0.2) is 44.0 Å². The van der Waals surface area contributed by atoms with Crippen molar-refractivity contribution in [2.24, 2.45) is 0 Å². The number of carbonyl (C=O) groups is 1. The summed E-state index contributed by atoms with van der Waals surface area (Å²) in [7, 11) is 1.63. The van der Waals surface area contributed by atoms with Crippen molar-refractivity contribution in [3.8, 4) is 5.75 Å². The van der Waals surface area contributed by atoms with Crippen molar-refractivity contribution in [3.63, 3.8) is 0 Å². The fourth-order valence-corrected chi connectivity index (χ4v) is 2.76. The highest BCUT2D eigenvalue weighted by atomic mass is 32.2. The van der Waals surface area contributed by atoms with Gasteiger partial charge in [0.15, 0.2) is 0 Å². The molecule has 1 heterocycles. The van der Waals surface area contributed by atoms with Crippen LogP contribution in [0.4, 0.5) is 0 Å². The number of ether oxygens (including phenoxy) is 1. The van der Waals surface area contributed by atoms with E-state index in [1.807, 2.05) is 52.0 Å². The Balaban J connectivity index is 2.02. The van der Waals surface area contributed by atoms with E-state index in [4.69, 9.17) is 4.74 Å². The molecule has 0 spiro atoms. The summed E-state index contributed by atoms with van der Waals surface area (Å²) in [6.45, 7) is 8.24. The van der Waals surface area contributed by atoms with Gasteiger partial charge in [-0.15, -0.1) is 5.10 Å². The van der Waals surface area contributed by atoms with Crippen molar-refractivity contribution in [2.45, 2.75) is 50.2 Å². The molecule has 0 saturated heterocycles. The van der Waals surface area contributed by atoms with Crippen LogP contribution in [0, 0.1) is 0 Å². The van der Waals surface area contributed by atoms with E-state index in [0.29, 0.717) is 11.7 Å². The highest BCUT2D eigenvalue weighted by Gasteiger charge is 2.22. The normalized spacial score (nSPS) is 12.7. The number of hydrogen-bond acceptors (Lipinski definition) is 6. The average Bonchev–Trinajstić information content (AvgIpc) is 2.93. The van der Waals surface area contributed by atoms with E-state index in [-0.39, 0.29) is 16.7 Å². The molecular weight excluding hydrogens is 326 g/mol. The van der Waals surface area contributed by atoms with Crippen molar-refractivity contribution < 1.29 is 9.53 Å². The molecule has 1 aromatic heterocycles. The van der Waals surface area contributed by atoms with Crippen molar-refractivity contribution in [1.29, 1.82) is 0 Å². The second kappa shape index (κ2) is 7.65. The summed E-state index contributed by atoms with van der Waals surface area (Å²) < 4.78 is 6.84. The first-order valence-electron chi connectivity index (χ1n) is 7.66. The Hall–Kier alpha value is -2.09. The number of benzene rings is 1. The molecule has 0 fully saturated rings. The summed E-state index contributed by atoms with van der Waals surface area (Å²) in [4.78, 5) is 12.2. The van der Waals surface area contributed by atoms with E-state index in [9.17, 15) is 4.79 Å². The van der Waals surface area contributed by atoms with E-state index < -0.39 is 0 Å². The van der Waals surface area contributed by atoms with Gasteiger partial charge in [0.1, 0.15) is 5.75 Å². The van der Waals surface area contributed by atoms with Crippen LogP contribution in [0.3, 0.4) is 0 Å². The monoisotopic (exact) mass is 349 g/mol. The zero-order chi connectivity index (χ0) is 17.7. The van der Waals surface area contributed by atoms with Crippen LogP contribution < -0.4 is 10.1 Å². The molecule has 0 saturated carbocycles. The highest BCUT2D eigenvalue weighted by molar-refractivity contribution is 8.00. The fraction of sp³-hybridized carbons (Fsp3) is 0.500. The van der Waals surface area contributed by atoms with Gasteiger partial charge < -0.3 is 10.1 Å². The first kappa shape index (κ1) is 18.3. The Bertz CT molecular complexity index is 679. The molecule has 0 bridgehead atoms. The molecule has 1 amide bonds. The first-order chi connectivity index (χ1) is 11.3. The van der Waals surface area contributed by atoms with Gasteiger partial charge in [0.05, 0.1) is 18.9 Å². The lowest BCUT2D eigenvalue weighted by atomic mass is 10.1. The third-order valence-corrected chi connectivity index (χ3v) is 4.21. The lowest BCUT2D eigenvalue weighted by Gasteiger charge is -2.22. The van der Waals surface area contributed by atoms with Crippen molar-refractivity contribution in [3.05, 3.63) is 29.8 Å². The summed E-state index contributed by atoms with van der Waals surface area (Å²) in [5, 5.41) is 15.1. The fourth-order valence-electron chi connectivity index (χ4n) is 1.97. The minimum absolute atomic E-state index is 0.0357. The summed E-state index contributed by atoms with van der Waals surface area (Å²) in [6.07, 6.45) is 0. The Morgan fingerprint density at radius 2 is 2.00 bits per heavy atom. The second-order valence-corrected chi connectivity index (χ2v) is 7.77. The van der Waals surface area contributed by atoms with E-state index in [1.165, 1.54) is 11.8 Å². The predicted molar refractivity (Wildman–Crippen MR) is 93.1 cm³/mol. The summed E-state index contributed by atoms with van der Waals surface area (Å²) in [6, 6.07) is 7.72. The van der Waals surface area contributed by atoms with Crippen LogP contribution in [0.15, 0.2) is 29.4 Å². The zero-order valence-electron chi connectivity index (χ0n) is 14.6. The maximum atomic E-state index is 12.2. The molecule has 8 heteroatoms. The summed E-state index contributed by atoms with van der Waals surface area (Å²) in [5.74, 6) is 0.768. The SMILES string of the molecule is COc1ccc(Cn2nnnc2S[C@@H](C)C(=O)NC(C)(C)C)cc1. The van der Waals surface area contributed by atoms with Gasteiger partial charge in [0.2, 0.25) is 11.1 Å². The minimum Gasteiger partial charge on any atom is -0.497 e. The number of thioether (sulfide) groups is 1. The lowest BCUT2D eigenvalue weighted by molar-refractivity contribution is -0.121. The lowest BCUT2D eigenvalue weighted by Crippen LogP contribution is -2.44. The van der Waals surface area contributed by atoms with Crippen molar-refractivity contribution >= 4 is 17.7 Å². The molecule has 0 aliphatic rings. The van der Waals surface area contributed by atoms with Crippen LogP contribution in [-0.2, 0) is 11.3 Å². The molecule has 1 aromatic carbocycles. The standard InChI is InChI=1S/C16H23N5O2S/c1-11(14(22)17-16(2,3)4)24-15-18-19-20-21(15)10-12-6-8-13(23-5)9-7-12/h6-9,11H,10H2,1-5H3,(H,17,22)/t11-/m0/s1. The molecule has 24 heavy (non-hydrogen) atoms. The number of carbonyl (C=O) groups excluding carboxylic acids is 1. The number of tetrazole rings is 1. The largest absolute Gasteiger partial charge is 0.497 e. The van der Waals surface area contributed by atoms with Crippen LogP contribution in [0.5, 0.6) is 5.75 Å². The number of nitrogens with one attached hydrogen (secondary N) is 1. The molecule has 7 nitrogen and oxygen atoms in total. The second-order valence-electron chi connectivity index (χ2n) is 6.47. The maximum absolute atomic E-state index is 12.2. The summed E-state index contributed by atoms with van der Waals surface area (Å²) >= 11 is 1.34. The third-order valence-electron chi connectivity index (χ3n) is 3.14. The number of rotatable bonds is 6. The minimum atomic E-state index is -0.287. The third kappa shape index (κ3) is 5.23. The molecule has 1 N–H and O–H groups in total. The molecule has 0 radical (unpaired) electrons. The molecule has 1 atom stereocenters. The molecule has 0 aliphatic heterocycles. The van der Waals surface area contributed by atoms with Gasteiger partial charge in [0, 0.05) is 5.54 Å². The van der Waals surface area contributed by atoms with Gasteiger partial charge in [-0.2, -0.15) is 0 Å². The zero-order valence-corrected chi connectivity index (χ0v) is 15.4. The number of amides is 1. The summed E-state index contributed by atoms with van der Waals surface area (Å²) in [5.41, 5.74) is 0.790. The average molecular weight is 349 g/mol. The number of hydrogen-bond donors (Lipinski definition) is 1. The Labute approximate surface area is 146 Å². The Morgan fingerprint density at radius 1 is 1.33 bits per heavy atom. The molecule has 2 rings (SSSR count). The molecule has 0 aliphatic carbocycles. The van der Waals surface area contributed by atoms with E-state index in [1.54, 1.807) is 11.8 Å². The number of aromatic nitrogens is 4. The van der Waals surface area contributed by atoms with Gasteiger partial charge in [-0.3, -0.25) is 4.79 Å². The molecule has 130 valence electrons. The Kier molecular flexibility index (Phi) is 5.82. The molecule has 2 aromatic rings. The molecular formula is C16H23N5O2S. The van der Waals surface area contributed by atoms with Gasteiger partial charge in [-0.05, 0) is 55.8 Å². The van der Waals surface area contributed by atoms with Crippen LogP contribution in [0.2, 0.25) is 0 Å².